The van der Waals surface area contributed by atoms with Crippen molar-refractivity contribution in [3.63, 3.8) is 0 Å². The number of hydrogen-bond donors (Lipinski definition) is 3. The molecule has 0 spiro atoms. The first-order chi connectivity index (χ1) is 12.0. The van der Waals surface area contributed by atoms with Gasteiger partial charge in [0.1, 0.15) is 0 Å². The number of nitrogens with two attached hydrogens (primary N) is 2. The third-order valence-corrected chi connectivity index (χ3v) is 5.69. The Bertz CT molecular complexity index is 594. The Kier molecular flexibility index (Phi) is 9.83. The Balaban J connectivity index is 0.00000338. The molecule has 1 heterocycles. The summed E-state index contributed by atoms with van der Waals surface area (Å²) in [5.74, 6) is 0.0121. The largest absolute Gasteiger partial charge is 0.352 e. The number of primary amides is 1. The minimum atomic E-state index is -0.548. The zero-order chi connectivity index (χ0) is 18.2. The number of thioether (sulfide) groups is 1. The zero-order valence-electron chi connectivity index (χ0n) is 15.1. The highest BCUT2D eigenvalue weighted by molar-refractivity contribution is 8.00. The second-order valence-electron chi connectivity index (χ2n) is 6.50. The molecule has 1 aromatic carbocycles. The van der Waals surface area contributed by atoms with E-state index in [4.69, 9.17) is 11.5 Å². The first kappa shape index (κ1) is 22.6. The lowest BCUT2D eigenvalue weighted by Gasteiger charge is -2.33. The molecule has 1 atom stereocenters. The van der Waals surface area contributed by atoms with Crippen molar-refractivity contribution in [2.45, 2.75) is 48.8 Å². The van der Waals surface area contributed by atoms with Gasteiger partial charge in [-0.05, 0) is 44.7 Å². The van der Waals surface area contributed by atoms with Crippen LogP contribution in [0.4, 0.5) is 4.79 Å². The van der Waals surface area contributed by atoms with Crippen molar-refractivity contribution in [1.82, 2.24) is 10.2 Å². The number of nitrogens with zero attached hydrogens (tertiary/aromatic N) is 1. The molecule has 0 aliphatic carbocycles. The Morgan fingerprint density at radius 1 is 1.35 bits per heavy atom. The molecule has 1 aliphatic heterocycles. The number of urea groups is 1. The monoisotopic (exact) mass is 400 g/mol. The number of hydrogen-bond acceptors (Lipinski definition) is 4. The van der Waals surface area contributed by atoms with Crippen molar-refractivity contribution in [1.29, 1.82) is 0 Å². The molecule has 146 valence electrons. The number of carbonyl (C=O) groups is 2. The van der Waals surface area contributed by atoms with E-state index in [2.05, 4.69) is 36.5 Å². The second kappa shape index (κ2) is 11.3. The normalized spacial score (nSPS) is 15.8. The molecule has 0 unspecified atom stereocenters. The summed E-state index contributed by atoms with van der Waals surface area (Å²) in [6, 6.07) is 7.49. The zero-order valence-corrected chi connectivity index (χ0v) is 16.8. The van der Waals surface area contributed by atoms with E-state index < -0.39 is 12.1 Å². The molecule has 6 nitrogen and oxygen atoms in total. The van der Waals surface area contributed by atoms with Crippen molar-refractivity contribution in [3.05, 3.63) is 29.8 Å². The van der Waals surface area contributed by atoms with Gasteiger partial charge in [0, 0.05) is 29.8 Å². The number of nitrogens with one attached hydrogen (secondary N) is 1. The average molecular weight is 401 g/mol. The summed E-state index contributed by atoms with van der Waals surface area (Å²) in [7, 11) is 0. The van der Waals surface area contributed by atoms with Crippen molar-refractivity contribution in [2.24, 2.45) is 11.5 Å². The number of carbonyl (C=O) groups excluding carboxylic acids is 2. The standard InChI is InChI=1S/C18H28N4O2S.ClH/c1-13-4-2-5-15(12-13)25-14-7-10-22(11-8-14)17(23)16(19)6-3-9-21-18(20)24;/h2,4-5,12,14,16H,3,6-11,19H2,1H3,(H3,20,21,24);1H/t16-;/m0./s1. The molecule has 0 bridgehead atoms. The SMILES string of the molecule is Cc1cccc(SC2CCN(C(=O)[C@@H](N)CCCNC(N)=O)CC2)c1.Cl. The molecule has 0 saturated carbocycles. The fourth-order valence-corrected chi connectivity index (χ4v) is 4.21. The Morgan fingerprint density at radius 2 is 2.04 bits per heavy atom. The molecule has 0 aromatic heterocycles. The Hall–Kier alpha value is -1.44. The fourth-order valence-electron chi connectivity index (χ4n) is 2.97. The average Bonchev–Trinajstić information content (AvgIpc) is 2.58. The molecular formula is C18H29ClN4O2S. The summed E-state index contributed by atoms with van der Waals surface area (Å²) in [6.45, 7) is 4.07. The fraction of sp³-hybridized carbons (Fsp3) is 0.556. The molecule has 3 amide bonds. The third kappa shape index (κ3) is 7.43. The van der Waals surface area contributed by atoms with Gasteiger partial charge in [-0.25, -0.2) is 4.79 Å². The van der Waals surface area contributed by atoms with Gasteiger partial charge in [0.25, 0.3) is 0 Å². The van der Waals surface area contributed by atoms with Crippen LogP contribution in [-0.4, -0.2) is 47.8 Å². The highest BCUT2D eigenvalue weighted by Crippen LogP contribution is 2.30. The van der Waals surface area contributed by atoms with Gasteiger partial charge >= 0.3 is 6.03 Å². The van der Waals surface area contributed by atoms with E-state index in [1.54, 1.807) is 0 Å². The lowest BCUT2D eigenvalue weighted by Crippen LogP contribution is -2.47. The van der Waals surface area contributed by atoms with Gasteiger partial charge < -0.3 is 21.7 Å². The summed E-state index contributed by atoms with van der Waals surface area (Å²) < 4.78 is 0. The molecule has 2 rings (SSSR count). The molecule has 26 heavy (non-hydrogen) atoms. The predicted octanol–water partition coefficient (Wildman–Crippen LogP) is 2.28. The van der Waals surface area contributed by atoms with Gasteiger partial charge in [0.15, 0.2) is 0 Å². The summed E-state index contributed by atoms with van der Waals surface area (Å²) in [5.41, 5.74) is 12.3. The molecule has 1 saturated heterocycles. The van der Waals surface area contributed by atoms with Crippen LogP contribution in [0, 0.1) is 6.92 Å². The maximum Gasteiger partial charge on any atom is 0.312 e. The molecule has 8 heteroatoms. The summed E-state index contributed by atoms with van der Waals surface area (Å²) in [6.07, 6.45) is 3.17. The summed E-state index contributed by atoms with van der Waals surface area (Å²) >= 11 is 1.90. The minimum Gasteiger partial charge on any atom is -0.352 e. The van der Waals surface area contributed by atoms with E-state index in [0.29, 0.717) is 24.6 Å². The van der Waals surface area contributed by atoms with E-state index in [1.165, 1.54) is 10.5 Å². The van der Waals surface area contributed by atoms with E-state index in [9.17, 15) is 9.59 Å². The number of aryl methyl sites for hydroxylation is 1. The third-order valence-electron chi connectivity index (χ3n) is 4.35. The number of benzene rings is 1. The molecule has 0 radical (unpaired) electrons. The molecule has 1 fully saturated rings. The predicted molar refractivity (Wildman–Crippen MR) is 109 cm³/mol. The minimum absolute atomic E-state index is 0. The van der Waals surface area contributed by atoms with Gasteiger partial charge in [-0.2, -0.15) is 0 Å². The Morgan fingerprint density at radius 3 is 2.65 bits per heavy atom. The van der Waals surface area contributed by atoms with Gasteiger partial charge in [0.05, 0.1) is 6.04 Å². The first-order valence-electron chi connectivity index (χ1n) is 8.76. The molecule has 5 N–H and O–H groups in total. The van der Waals surface area contributed by atoms with E-state index in [0.717, 1.165) is 25.9 Å². The summed E-state index contributed by atoms with van der Waals surface area (Å²) in [5, 5.41) is 3.05. The second-order valence-corrected chi connectivity index (χ2v) is 7.87. The van der Waals surface area contributed by atoms with Crippen molar-refractivity contribution in [2.75, 3.05) is 19.6 Å². The number of amides is 3. The van der Waals surface area contributed by atoms with Crippen molar-refractivity contribution in [3.8, 4) is 0 Å². The molecule has 1 aromatic rings. The van der Waals surface area contributed by atoms with Gasteiger partial charge in [-0.1, -0.05) is 17.7 Å². The van der Waals surface area contributed by atoms with Crippen LogP contribution in [0.5, 0.6) is 0 Å². The van der Waals surface area contributed by atoms with Gasteiger partial charge in [-0.15, -0.1) is 24.2 Å². The van der Waals surface area contributed by atoms with Crippen LogP contribution in [0.2, 0.25) is 0 Å². The van der Waals surface area contributed by atoms with Gasteiger partial charge in [0.2, 0.25) is 5.91 Å². The highest BCUT2D eigenvalue weighted by Gasteiger charge is 2.26. The van der Waals surface area contributed by atoms with Crippen LogP contribution in [0.3, 0.4) is 0 Å². The van der Waals surface area contributed by atoms with Crippen LogP contribution in [0.1, 0.15) is 31.2 Å². The number of piperidine rings is 1. The summed E-state index contributed by atoms with van der Waals surface area (Å²) in [4.78, 5) is 26.2. The maximum atomic E-state index is 12.4. The first-order valence-corrected chi connectivity index (χ1v) is 9.64. The smallest absolute Gasteiger partial charge is 0.312 e. The van der Waals surface area contributed by atoms with Gasteiger partial charge in [-0.3, -0.25) is 4.79 Å². The maximum absolute atomic E-state index is 12.4. The number of rotatable bonds is 7. The molecule has 1 aliphatic rings. The van der Waals surface area contributed by atoms with E-state index >= 15 is 0 Å². The van der Waals surface area contributed by atoms with E-state index in [-0.39, 0.29) is 18.3 Å². The topological polar surface area (TPSA) is 101 Å². The Labute approximate surface area is 165 Å². The number of halogens is 1. The van der Waals surface area contributed by atoms with Crippen LogP contribution in [0.15, 0.2) is 29.2 Å². The van der Waals surface area contributed by atoms with Crippen LogP contribution in [-0.2, 0) is 4.79 Å². The lowest BCUT2D eigenvalue weighted by molar-refractivity contribution is -0.133. The lowest BCUT2D eigenvalue weighted by atomic mass is 10.1. The highest BCUT2D eigenvalue weighted by atomic mass is 35.5. The van der Waals surface area contributed by atoms with Crippen LogP contribution >= 0.6 is 24.2 Å². The molecular weight excluding hydrogens is 372 g/mol. The van der Waals surface area contributed by atoms with E-state index in [1.807, 2.05) is 16.7 Å². The van der Waals surface area contributed by atoms with Crippen molar-refractivity contribution >= 4 is 36.1 Å². The van der Waals surface area contributed by atoms with Crippen LogP contribution in [0.25, 0.3) is 0 Å². The number of likely N-dealkylation sites (tertiary alicyclic amines) is 1. The van der Waals surface area contributed by atoms with Crippen LogP contribution < -0.4 is 16.8 Å². The quantitative estimate of drug-likeness (QED) is 0.611. The van der Waals surface area contributed by atoms with Crippen molar-refractivity contribution < 1.29 is 9.59 Å².